The van der Waals surface area contributed by atoms with Gasteiger partial charge in [-0.3, -0.25) is 9.59 Å². The number of carbonyl (C=O) groups excluding carboxylic acids is 2. The van der Waals surface area contributed by atoms with Crippen molar-refractivity contribution in [2.24, 2.45) is 0 Å². The standard InChI is InChI=1S/C17H17FN2O2/c1-12-5-4-6-13(9-12)10-16(21)19-11-17(22)20-15-8-3-2-7-14(15)18/h2-9H,10-11H2,1H3,(H,19,21)(H,20,22). The molecule has 2 rings (SSSR count). The van der Waals surface area contributed by atoms with Gasteiger partial charge in [-0.1, -0.05) is 42.0 Å². The summed E-state index contributed by atoms with van der Waals surface area (Å²) in [5.74, 6) is -1.24. The molecule has 2 aromatic carbocycles. The van der Waals surface area contributed by atoms with Crippen LogP contribution in [-0.2, 0) is 16.0 Å². The van der Waals surface area contributed by atoms with Gasteiger partial charge in [-0.2, -0.15) is 0 Å². The summed E-state index contributed by atoms with van der Waals surface area (Å²) in [7, 11) is 0. The summed E-state index contributed by atoms with van der Waals surface area (Å²) in [5, 5.41) is 4.93. The van der Waals surface area contributed by atoms with Gasteiger partial charge in [-0.15, -0.1) is 0 Å². The van der Waals surface area contributed by atoms with E-state index in [0.717, 1.165) is 11.1 Å². The zero-order chi connectivity index (χ0) is 15.9. The molecule has 0 heterocycles. The minimum atomic E-state index is -0.512. The maximum Gasteiger partial charge on any atom is 0.243 e. The van der Waals surface area contributed by atoms with Crippen LogP contribution in [0.3, 0.4) is 0 Å². The second kappa shape index (κ2) is 7.36. The first-order chi connectivity index (χ1) is 10.5. The molecule has 0 aliphatic rings. The van der Waals surface area contributed by atoms with Crippen molar-refractivity contribution in [1.82, 2.24) is 5.32 Å². The first-order valence-electron chi connectivity index (χ1n) is 6.91. The Kier molecular flexibility index (Phi) is 5.25. The highest BCUT2D eigenvalue weighted by atomic mass is 19.1. The van der Waals surface area contributed by atoms with Gasteiger partial charge in [-0.25, -0.2) is 4.39 Å². The van der Waals surface area contributed by atoms with Gasteiger partial charge in [0.1, 0.15) is 5.82 Å². The fraction of sp³-hybridized carbons (Fsp3) is 0.176. The topological polar surface area (TPSA) is 58.2 Å². The Morgan fingerprint density at radius 1 is 1.05 bits per heavy atom. The molecule has 0 aromatic heterocycles. The molecule has 114 valence electrons. The summed E-state index contributed by atoms with van der Waals surface area (Å²) in [6, 6.07) is 13.5. The van der Waals surface area contributed by atoms with Crippen molar-refractivity contribution in [3.8, 4) is 0 Å². The second-order valence-electron chi connectivity index (χ2n) is 4.97. The van der Waals surface area contributed by atoms with Crippen LogP contribution in [-0.4, -0.2) is 18.4 Å². The Morgan fingerprint density at radius 2 is 1.82 bits per heavy atom. The average molecular weight is 300 g/mol. The third-order valence-corrected chi connectivity index (χ3v) is 3.04. The lowest BCUT2D eigenvalue weighted by atomic mass is 10.1. The van der Waals surface area contributed by atoms with Gasteiger partial charge >= 0.3 is 0 Å². The molecular formula is C17H17FN2O2. The van der Waals surface area contributed by atoms with Crippen LogP contribution in [0.1, 0.15) is 11.1 Å². The van der Waals surface area contributed by atoms with Gasteiger partial charge in [0.2, 0.25) is 11.8 Å². The smallest absolute Gasteiger partial charge is 0.243 e. The number of para-hydroxylation sites is 1. The lowest BCUT2D eigenvalue weighted by molar-refractivity contribution is -0.123. The number of carbonyl (C=O) groups is 2. The van der Waals surface area contributed by atoms with Gasteiger partial charge in [0.15, 0.2) is 0 Å². The minimum absolute atomic E-state index is 0.0976. The summed E-state index contributed by atoms with van der Waals surface area (Å²) in [4.78, 5) is 23.5. The summed E-state index contributed by atoms with van der Waals surface area (Å²) in [5.41, 5.74) is 2.05. The monoisotopic (exact) mass is 300 g/mol. The lowest BCUT2D eigenvalue weighted by Crippen LogP contribution is -2.33. The van der Waals surface area contributed by atoms with Crippen molar-refractivity contribution in [1.29, 1.82) is 0 Å². The maximum absolute atomic E-state index is 13.4. The second-order valence-corrected chi connectivity index (χ2v) is 4.97. The van der Waals surface area contributed by atoms with E-state index in [0.29, 0.717) is 0 Å². The Morgan fingerprint density at radius 3 is 2.55 bits per heavy atom. The Hall–Kier alpha value is -2.69. The largest absolute Gasteiger partial charge is 0.347 e. The number of aryl methyl sites for hydroxylation is 1. The average Bonchev–Trinajstić information content (AvgIpc) is 2.48. The molecule has 22 heavy (non-hydrogen) atoms. The fourth-order valence-corrected chi connectivity index (χ4v) is 2.01. The van der Waals surface area contributed by atoms with E-state index >= 15 is 0 Å². The van der Waals surface area contributed by atoms with Crippen LogP contribution in [0.4, 0.5) is 10.1 Å². The molecule has 0 fully saturated rings. The first kappa shape index (κ1) is 15.7. The molecule has 4 nitrogen and oxygen atoms in total. The number of anilines is 1. The quantitative estimate of drug-likeness (QED) is 0.891. The minimum Gasteiger partial charge on any atom is -0.347 e. The van der Waals surface area contributed by atoms with E-state index in [-0.39, 0.29) is 24.6 Å². The van der Waals surface area contributed by atoms with Crippen molar-refractivity contribution in [3.05, 3.63) is 65.5 Å². The molecule has 0 radical (unpaired) electrons. The van der Waals surface area contributed by atoms with Crippen LogP contribution in [0.2, 0.25) is 0 Å². The number of hydrogen-bond donors (Lipinski definition) is 2. The van der Waals surface area contributed by atoms with Crippen molar-refractivity contribution >= 4 is 17.5 Å². The molecule has 2 aromatic rings. The van der Waals surface area contributed by atoms with Gasteiger partial charge in [0.05, 0.1) is 18.7 Å². The molecule has 2 N–H and O–H groups in total. The molecule has 0 aliphatic heterocycles. The molecule has 0 atom stereocenters. The number of benzene rings is 2. The number of halogens is 1. The van der Waals surface area contributed by atoms with Crippen LogP contribution < -0.4 is 10.6 Å². The molecule has 0 saturated heterocycles. The Balaban J connectivity index is 1.81. The van der Waals surface area contributed by atoms with Crippen molar-refractivity contribution in [2.45, 2.75) is 13.3 Å². The number of rotatable bonds is 5. The van der Waals surface area contributed by atoms with Crippen molar-refractivity contribution < 1.29 is 14.0 Å². The molecule has 0 saturated carbocycles. The van der Waals surface area contributed by atoms with Crippen molar-refractivity contribution in [2.75, 3.05) is 11.9 Å². The zero-order valence-corrected chi connectivity index (χ0v) is 12.2. The number of amides is 2. The third kappa shape index (κ3) is 4.70. The van der Waals surface area contributed by atoms with Gasteiger partial charge in [-0.05, 0) is 24.6 Å². The zero-order valence-electron chi connectivity index (χ0n) is 12.2. The fourth-order valence-electron chi connectivity index (χ4n) is 2.01. The molecule has 0 aliphatic carbocycles. The van der Waals surface area contributed by atoms with E-state index in [2.05, 4.69) is 10.6 Å². The molecular weight excluding hydrogens is 283 g/mol. The highest BCUT2D eigenvalue weighted by molar-refractivity contribution is 5.94. The molecule has 0 spiro atoms. The highest BCUT2D eigenvalue weighted by Crippen LogP contribution is 2.11. The summed E-state index contributed by atoms with van der Waals surface area (Å²) in [6.07, 6.45) is 0.203. The molecule has 2 amide bonds. The van der Waals surface area contributed by atoms with Crippen LogP contribution >= 0.6 is 0 Å². The first-order valence-corrected chi connectivity index (χ1v) is 6.91. The van der Waals surface area contributed by atoms with Gasteiger partial charge < -0.3 is 10.6 Å². The molecule has 5 heteroatoms. The normalized spacial score (nSPS) is 10.1. The van der Waals surface area contributed by atoms with Crippen LogP contribution in [0.5, 0.6) is 0 Å². The van der Waals surface area contributed by atoms with E-state index in [1.165, 1.54) is 18.2 Å². The lowest BCUT2D eigenvalue weighted by Gasteiger charge is -2.08. The summed E-state index contributed by atoms with van der Waals surface area (Å²) in [6.45, 7) is 1.75. The van der Waals surface area contributed by atoms with Crippen molar-refractivity contribution in [3.63, 3.8) is 0 Å². The SMILES string of the molecule is Cc1cccc(CC(=O)NCC(=O)Nc2ccccc2F)c1. The maximum atomic E-state index is 13.4. The summed E-state index contributed by atoms with van der Waals surface area (Å²) >= 11 is 0. The Labute approximate surface area is 128 Å². The van der Waals surface area contributed by atoms with Crippen LogP contribution in [0, 0.1) is 12.7 Å². The molecule has 0 bridgehead atoms. The Bertz CT molecular complexity index is 686. The number of nitrogens with one attached hydrogen (secondary N) is 2. The highest BCUT2D eigenvalue weighted by Gasteiger charge is 2.09. The van der Waals surface area contributed by atoms with Gasteiger partial charge in [0, 0.05) is 0 Å². The van der Waals surface area contributed by atoms with E-state index in [1.807, 2.05) is 31.2 Å². The van der Waals surface area contributed by atoms with E-state index in [9.17, 15) is 14.0 Å². The van der Waals surface area contributed by atoms with E-state index in [1.54, 1.807) is 6.07 Å². The third-order valence-electron chi connectivity index (χ3n) is 3.04. The van der Waals surface area contributed by atoms with E-state index in [4.69, 9.17) is 0 Å². The predicted octanol–water partition coefficient (Wildman–Crippen LogP) is 2.43. The predicted molar refractivity (Wildman–Crippen MR) is 82.9 cm³/mol. The number of hydrogen-bond acceptors (Lipinski definition) is 2. The summed E-state index contributed by atoms with van der Waals surface area (Å²) < 4.78 is 13.4. The van der Waals surface area contributed by atoms with Crippen LogP contribution in [0.15, 0.2) is 48.5 Å². The van der Waals surface area contributed by atoms with Gasteiger partial charge in [0.25, 0.3) is 0 Å². The molecule has 0 unspecified atom stereocenters. The van der Waals surface area contributed by atoms with Crippen LogP contribution in [0.25, 0.3) is 0 Å². The van der Waals surface area contributed by atoms with E-state index < -0.39 is 11.7 Å².